The molecule has 0 saturated heterocycles. The molecule has 3 heteroatoms. The zero-order valence-corrected chi connectivity index (χ0v) is 17.8. The average molecular weight is 380 g/mol. The van der Waals surface area contributed by atoms with Crippen LogP contribution in [0, 0.1) is 0 Å². The lowest BCUT2D eigenvalue weighted by Gasteiger charge is -2.41. The summed E-state index contributed by atoms with van der Waals surface area (Å²) in [6.07, 6.45) is 13.1. The number of hydrogen-bond acceptors (Lipinski definition) is 3. The van der Waals surface area contributed by atoms with Crippen LogP contribution in [0.1, 0.15) is 65.9 Å². The lowest BCUT2D eigenvalue weighted by atomic mass is 9.88. The number of rotatable bonds is 6. The number of hydrogen-bond donors (Lipinski definition) is 1. The van der Waals surface area contributed by atoms with Gasteiger partial charge >= 0.3 is 0 Å². The molecule has 1 N–H and O–H groups in total. The van der Waals surface area contributed by atoms with Crippen LogP contribution < -0.4 is 5.06 Å². The van der Waals surface area contributed by atoms with Crippen LogP contribution in [-0.4, -0.2) is 16.9 Å². The van der Waals surface area contributed by atoms with Crippen molar-refractivity contribution in [3.05, 3.63) is 71.0 Å². The Morgan fingerprint density at radius 2 is 1.93 bits per heavy atom. The Kier molecular flexibility index (Phi) is 6.14. The molecule has 0 amide bonds. The first-order chi connectivity index (χ1) is 13.3. The van der Waals surface area contributed by atoms with Gasteiger partial charge in [0.15, 0.2) is 0 Å². The van der Waals surface area contributed by atoms with E-state index in [1.54, 1.807) is 0 Å². The van der Waals surface area contributed by atoms with Crippen molar-refractivity contribution in [3.8, 4) is 0 Å². The van der Waals surface area contributed by atoms with Gasteiger partial charge in [-0.1, -0.05) is 47.6 Å². The van der Waals surface area contributed by atoms with Crippen molar-refractivity contribution in [2.24, 2.45) is 0 Å². The predicted octanol–water partition coefficient (Wildman–Crippen LogP) is 6.81. The maximum atomic E-state index is 10.6. The normalized spacial score (nSPS) is 23.9. The molecular formula is C25H33NO2. The van der Waals surface area contributed by atoms with Crippen LogP contribution in [0.5, 0.6) is 0 Å². The first kappa shape index (κ1) is 20.5. The molecule has 28 heavy (non-hydrogen) atoms. The number of hydroxylamine groups is 1. The van der Waals surface area contributed by atoms with Crippen molar-refractivity contribution in [2.75, 3.05) is 5.06 Å². The van der Waals surface area contributed by atoms with Gasteiger partial charge in [0, 0.05) is 11.1 Å². The number of ether oxygens (including phenoxy) is 1. The van der Waals surface area contributed by atoms with Gasteiger partial charge in [-0.25, -0.2) is 5.06 Å². The van der Waals surface area contributed by atoms with E-state index in [9.17, 15) is 5.21 Å². The third-order valence-electron chi connectivity index (χ3n) is 5.62. The molecule has 0 radical (unpaired) electrons. The molecule has 2 aliphatic rings. The molecule has 2 heterocycles. The van der Waals surface area contributed by atoms with Crippen molar-refractivity contribution < 1.29 is 9.94 Å². The summed E-state index contributed by atoms with van der Waals surface area (Å²) in [6.45, 7) is 10.6. The van der Waals surface area contributed by atoms with E-state index in [1.807, 2.05) is 31.2 Å². The van der Waals surface area contributed by atoms with Crippen LogP contribution in [0.4, 0.5) is 5.69 Å². The molecular weight excluding hydrogens is 346 g/mol. The summed E-state index contributed by atoms with van der Waals surface area (Å²) in [5.74, 6) is 0.857. The minimum atomic E-state index is -0.350. The van der Waals surface area contributed by atoms with Crippen molar-refractivity contribution in [3.63, 3.8) is 0 Å². The van der Waals surface area contributed by atoms with Crippen molar-refractivity contribution >= 4 is 11.3 Å². The number of benzene rings is 1. The first-order valence-corrected chi connectivity index (χ1v) is 10.3. The van der Waals surface area contributed by atoms with Gasteiger partial charge in [-0.15, -0.1) is 0 Å². The average Bonchev–Trinajstić information content (AvgIpc) is 2.65. The second-order valence-electron chi connectivity index (χ2n) is 8.47. The molecule has 150 valence electrons. The molecule has 1 aromatic carbocycles. The Morgan fingerprint density at radius 3 is 2.68 bits per heavy atom. The van der Waals surface area contributed by atoms with Crippen LogP contribution in [-0.2, 0) is 4.74 Å². The van der Waals surface area contributed by atoms with Crippen LogP contribution in [0.25, 0.3) is 5.57 Å². The van der Waals surface area contributed by atoms with E-state index >= 15 is 0 Å². The molecule has 0 bridgehead atoms. The third kappa shape index (κ3) is 4.41. The summed E-state index contributed by atoms with van der Waals surface area (Å²) in [7, 11) is 0. The van der Waals surface area contributed by atoms with Crippen LogP contribution in [0.15, 0.2) is 65.5 Å². The van der Waals surface area contributed by atoms with Gasteiger partial charge in [0.1, 0.15) is 17.4 Å². The van der Waals surface area contributed by atoms with E-state index in [0.717, 1.165) is 48.3 Å². The third-order valence-corrected chi connectivity index (χ3v) is 5.62. The summed E-state index contributed by atoms with van der Waals surface area (Å²) in [4.78, 5) is 0. The van der Waals surface area contributed by atoms with Crippen molar-refractivity contribution in [1.29, 1.82) is 0 Å². The SMILES string of the molecule is CC(C)=CCCC(C)=CCCC1(C)C=CC2=C(O1)C(C)N(O)c1ccccc12. The molecule has 2 atom stereocenters. The minimum absolute atomic E-state index is 0.199. The van der Waals surface area contributed by atoms with Gasteiger partial charge in [0.2, 0.25) is 0 Å². The van der Waals surface area contributed by atoms with Crippen molar-refractivity contribution in [2.45, 2.75) is 71.9 Å². The number of fused-ring (bicyclic) bond motifs is 2. The Labute approximate surface area is 169 Å². The highest BCUT2D eigenvalue weighted by atomic mass is 16.5. The smallest absolute Gasteiger partial charge is 0.130 e. The first-order valence-electron chi connectivity index (χ1n) is 10.3. The Balaban J connectivity index is 1.68. The summed E-state index contributed by atoms with van der Waals surface area (Å²) in [6, 6.07) is 7.73. The van der Waals surface area contributed by atoms with Gasteiger partial charge in [-0.3, -0.25) is 5.21 Å². The Hall–Kier alpha value is -2.26. The van der Waals surface area contributed by atoms with Crippen LogP contribution in [0.3, 0.4) is 0 Å². The molecule has 0 aliphatic carbocycles. The zero-order valence-electron chi connectivity index (χ0n) is 17.8. The maximum Gasteiger partial charge on any atom is 0.130 e. The standard InChI is InChI=1S/C25H33NO2/c1-18(2)10-8-11-19(3)12-9-16-25(5)17-15-22-21-13-6-7-14-23(21)26(27)20(4)24(22)28-25/h6-7,10,12-15,17,20,27H,8-9,11,16H2,1-5H3. The van der Waals surface area contributed by atoms with Crippen LogP contribution in [0.2, 0.25) is 0 Å². The molecule has 0 fully saturated rings. The molecule has 2 aliphatic heterocycles. The largest absolute Gasteiger partial charge is 0.485 e. The highest BCUT2D eigenvalue weighted by Gasteiger charge is 2.37. The lowest BCUT2D eigenvalue weighted by molar-refractivity contribution is 0.0343. The topological polar surface area (TPSA) is 32.7 Å². The molecule has 2 unspecified atom stereocenters. The summed E-state index contributed by atoms with van der Waals surface area (Å²) in [5.41, 5.74) is 5.40. The Bertz CT molecular complexity index is 842. The predicted molar refractivity (Wildman–Crippen MR) is 117 cm³/mol. The molecule has 0 aromatic heterocycles. The zero-order chi connectivity index (χ0) is 20.3. The van der Waals surface area contributed by atoms with E-state index in [2.05, 4.69) is 52.0 Å². The number of anilines is 1. The molecule has 0 spiro atoms. The fourth-order valence-electron chi connectivity index (χ4n) is 3.87. The monoisotopic (exact) mass is 379 g/mol. The molecule has 1 aromatic rings. The number of nitrogens with zero attached hydrogens (tertiary/aromatic N) is 1. The second kappa shape index (κ2) is 8.40. The molecule has 3 rings (SSSR count). The van der Waals surface area contributed by atoms with E-state index in [1.165, 1.54) is 16.2 Å². The van der Waals surface area contributed by atoms with Crippen molar-refractivity contribution in [1.82, 2.24) is 0 Å². The fourth-order valence-corrected chi connectivity index (χ4v) is 3.87. The number of allylic oxidation sites excluding steroid dienone is 6. The van der Waals surface area contributed by atoms with E-state index in [0.29, 0.717) is 0 Å². The summed E-state index contributed by atoms with van der Waals surface area (Å²) < 4.78 is 6.46. The highest BCUT2D eigenvalue weighted by molar-refractivity contribution is 5.87. The lowest BCUT2D eigenvalue weighted by Crippen LogP contribution is -2.41. The highest BCUT2D eigenvalue weighted by Crippen LogP contribution is 2.43. The van der Waals surface area contributed by atoms with Gasteiger partial charge in [-0.05, 0) is 72.4 Å². The van der Waals surface area contributed by atoms with Crippen LogP contribution >= 0.6 is 0 Å². The van der Waals surface area contributed by atoms with Gasteiger partial charge in [0.25, 0.3) is 0 Å². The van der Waals surface area contributed by atoms with Gasteiger partial charge in [0.05, 0.1) is 5.69 Å². The van der Waals surface area contributed by atoms with Gasteiger partial charge in [-0.2, -0.15) is 0 Å². The summed E-state index contributed by atoms with van der Waals surface area (Å²) in [5, 5.41) is 11.9. The quantitative estimate of drug-likeness (QED) is 0.551. The van der Waals surface area contributed by atoms with E-state index in [-0.39, 0.29) is 11.6 Å². The molecule has 0 saturated carbocycles. The Morgan fingerprint density at radius 1 is 1.18 bits per heavy atom. The van der Waals surface area contributed by atoms with E-state index < -0.39 is 0 Å². The number of para-hydroxylation sites is 1. The van der Waals surface area contributed by atoms with E-state index in [4.69, 9.17) is 4.74 Å². The maximum absolute atomic E-state index is 10.6. The summed E-state index contributed by atoms with van der Waals surface area (Å²) >= 11 is 0. The van der Waals surface area contributed by atoms with Gasteiger partial charge < -0.3 is 4.74 Å². The minimum Gasteiger partial charge on any atom is -0.485 e. The fraction of sp³-hybridized carbons (Fsp3) is 0.440. The molecule has 3 nitrogen and oxygen atoms in total. The second-order valence-corrected chi connectivity index (χ2v) is 8.47.